The number of phenols is 1. The fourth-order valence-corrected chi connectivity index (χ4v) is 2.59. The highest BCUT2D eigenvalue weighted by Gasteiger charge is 2.24. The number of aryl methyl sites for hydroxylation is 1. The normalized spacial score (nSPS) is 14.2. The van der Waals surface area contributed by atoms with Crippen LogP contribution >= 0.6 is 0 Å². The maximum Gasteiger partial charge on any atom is 0.227 e. The fourth-order valence-electron chi connectivity index (χ4n) is 2.59. The molecule has 0 saturated carbocycles. The molecule has 1 amide bonds. The first-order chi connectivity index (χ1) is 9.63. The van der Waals surface area contributed by atoms with Gasteiger partial charge in [0.1, 0.15) is 5.75 Å². The van der Waals surface area contributed by atoms with Crippen LogP contribution in [0.4, 0.5) is 11.4 Å². The molecule has 0 aliphatic carbocycles. The molecule has 3 rings (SSSR count). The summed E-state index contributed by atoms with van der Waals surface area (Å²) in [4.78, 5) is 13.9. The lowest BCUT2D eigenvalue weighted by Crippen LogP contribution is -2.34. The van der Waals surface area contributed by atoms with E-state index >= 15 is 0 Å². The van der Waals surface area contributed by atoms with Crippen LogP contribution in [0.5, 0.6) is 5.75 Å². The number of fused-ring (bicyclic) bond motifs is 1. The lowest BCUT2D eigenvalue weighted by Gasteiger charge is -2.29. The largest absolute Gasteiger partial charge is 0.508 e. The second-order valence-electron chi connectivity index (χ2n) is 5.04. The number of rotatable bonds is 2. The Hall–Kier alpha value is -2.49. The van der Waals surface area contributed by atoms with Gasteiger partial charge < -0.3 is 15.7 Å². The molecule has 0 bridgehead atoms. The summed E-state index contributed by atoms with van der Waals surface area (Å²) in [6.45, 7) is 0.462. The van der Waals surface area contributed by atoms with Gasteiger partial charge >= 0.3 is 0 Å². The van der Waals surface area contributed by atoms with Gasteiger partial charge in [-0.15, -0.1) is 0 Å². The minimum absolute atomic E-state index is 0.102. The second kappa shape index (κ2) is 4.89. The number of hydrogen-bond acceptors (Lipinski definition) is 3. The van der Waals surface area contributed by atoms with Crippen LogP contribution in [-0.4, -0.2) is 11.0 Å². The molecule has 1 heterocycles. The molecule has 2 aromatic carbocycles. The SMILES string of the molecule is Nc1ccc2c(c1)CCC(=O)N2Cc1cccc(O)c1. The number of benzene rings is 2. The second-order valence-corrected chi connectivity index (χ2v) is 5.04. The molecule has 0 atom stereocenters. The van der Waals surface area contributed by atoms with E-state index in [-0.39, 0.29) is 11.7 Å². The Labute approximate surface area is 117 Å². The first kappa shape index (κ1) is 12.5. The molecule has 1 aliphatic rings. The maximum absolute atomic E-state index is 12.2. The van der Waals surface area contributed by atoms with Gasteiger partial charge in [-0.2, -0.15) is 0 Å². The van der Waals surface area contributed by atoms with Crippen LogP contribution in [0.3, 0.4) is 0 Å². The zero-order valence-electron chi connectivity index (χ0n) is 11.0. The van der Waals surface area contributed by atoms with E-state index in [0.717, 1.165) is 28.9 Å². The van der Waals surface area contributed by atoms with Crippen molar-refractivity contribution in [2.24, 2.45) is 0 Å². The number of aromatic hydroxyl groups is 1. The molecule has 0 spiro atoms. The van der Waals surface area contributed by atoms with E-state index in [0.29, 0.717) is 13.0 Å². The summed E-state index contributed by atoms with van der Waals surface area (Å²) in [5.41, 5.74) is 9.44. The predicted molar refractivity (Wildman–Crippen MR) is 78.5 cm³/mol. The number of carbonyl (C=O) groups is 1. The van der Waals surface area contributed by atoms with Crippen molar-refractivity contribution in [2.45, 2.75) is 19.4 Å². The topological polar surface area (TPSA) is 66.6 Å². The molecule has 102 valence electrons. The Morgan fingerprint density at radius 2 is 2.00 bits per heavy atom. The van der Waals surface area contributed by atoms with E-state index in [1.807, 2.05) is 24.3 Å². The van der Waals surface area contributed by atoms with E-state index in [2.05, 4.69) is 0 Å². The van der Waals surface area contributed by atoms with Crippen molar-refractivity contribution in [3.8, 4) is 5.75 Å². The van der Waals surface area contributed by atoms with Gasteiger partial charge in [0.15, 0.2) is 0 Å². The highest BCUT2D eigenvalue weighted by atomic mass is 16.3. The standard InChI is InChI=1S/C16H16N2O2/c17-13-5-6-15-12(9-13)4-7-16(20)18(15)10-11-2-1-3-14(19)8-11/h1-3,5-6,8-9,19H,4,7,10,17H2. The van der Waals surface area contributed by atoms with Crippen molar-refractivity contribution in [3.05, 3.63) is 53.6 Å². The molecular formula is C16H16N2O2. The molecule has 0 saturated heterocycles. The molecule has 1 aliphatic heterocycles. The molecule has 20 heavy (non-hydrogen) atoms. The monoisotopic (exact) mass is 268 g/mol. The Balaban J connectivity index is 1.95. The lowest BCUT2D eigenvalue weighted by molar-refractivity contribution is -0.119. The average molecular weight is 268 g/mol. The summed E-state index contributed by atoms with van der Waals surface area (Å²) in [5.74, 6) is 0.315. The van der Waals surface area contributed by atoms with Crippen molar-refractivity contribution in [3.63, 3.8) is 0 Å². The Kier molecular flexibility index (Phi) is 3.06. The molecular weight excluding hydrogens is 252 g/mol. The lowest BCUT2D eigenvalue weighted by atomic mass is 10.00. The third-order valence-corrected chi connectivity index (χ3v) is 3.55. The maximum atomic E-state index is 12.2. The van der Waals surface area contributed by atoms with Crippen LogP contribution in [0.1, 0.15) is 17.5 Å². The van der Waals surface area contributed by atoms with Crippen LogP contribution in [0.25, 0.3) is 0 Å². The van der Waals surface area contributed by atoms with Crippen molar-refractivity contribution < 1.29 is 9.90 Å². The molecule has 0 unspecified atom stereocenters. The van der Waals surface area contributed by atoms with Gasteiger partial charge in [0.05, 0.1) is 6.54 Å². The summed E-state index contributed by atoms with van der Waals surface area (Å²) in [6, 6.07) is 12.6. The summed E-state index contributed by atoms with van der Waals surface area (Å²) < 4.78 is 0. The van der Waals surface area contributed by atoms with Crippen LogP contribution in [-0.2, 0) is 17.8 Å². The molecule has 4 heteroatoms. The van der Waals surface area contributed by atoms with Gasteiger partial charge in [-0.25, -0.2) is 0 Å². The molecule has 4 nitrogen and oxygen atoms in total. The van der Waals surface area contributed by atoms with E-state index < -0.39 is 0 Å². The number of hydrogen-bond donors (Lipinski definition) is 2. The van der Waals surface area contributed by atoms with Crippen LogP contribution in [0.15, 0.2) is 42.5 Å². The molecule has 3 N–H and O–H groups in total. The summed E-state index contributed by atoms with van der Waals surface area (Å²) in [7, 11) is 0. The Morgan fingerprint density at radius 3 is 2.80 bits per heavy atom. The van der Waals surface area contributed by atoms with Gasteiger partial charge in [0.25, 0.3) is 0 Å². The van der Waals surface area contributed by atoms with E-state index in [4.69, 9.17) is 5.73 Å². The number of carbonyl (C=O) groups excluding carboxylic acids is 1. The van der Waals surface area contributed by atoms with Gasteiger partial charge in [0, 0.05) is 17.8 Å². The van der Waals surface area contributed by atoms with Crippen LogP contribution in [0, 0.1) is 0 Å². The number of anilines is 2. The van der Waals surface area contributed by atoms with Crippen LogP contribution < -0.4 is 10.6 Å². The summed E-state index contributed by atoms with van der Waals surface area (Å²) in [5, 5.41) is 9.52. The number of nitrogens with two attached hydrogens (primary N) is 1. The van der Waals surface area contributed by atoms with E-state index in [9.17, 15) is 9.90 Å². The number of amides is 1. The van der Waals surface area contributed by atoms with Gasteiger partial charge in [0.2, 0.25) is 5.91 Å². The average Bonchev–Trinajstić information content (AvgIpc) is 2.42. The Bertz CT molecular complexity index is 667. The first-order valence-electron chi connectivity index (χ1n) is 6.60. The quantitative estimate of drug-likeness (QED) is 0.822. The van der Waals surface area contributed by atoms with Gasteiger partial charge in [-0.05, 0) is 47.9 Å². The highest BCUT2D eigenvalue weighted by molar-refractivity contribution is 5.96. The van der Waals surface area contributed by atoms with Crippen molar-refractivity contribution >= 4 is 17.3 Å². The Morgan fingerprint density at radius 1 is 1.15 bits per heavy atom. The predicted octanol–water partition coefficient (Wildman–Crippen LogP) is 2.45. The summed E-state index contributed by atoms with van der Waals surface area (Å²) >= 11 is 0. The molecule has 0 fully saturated rings. The van der Waals surface area contributed by atoms with Crippen molar-refractivity contribution in [1.29, 1.82) is 0 Å². The van der Waals surface area contributed by atoms with E-state index in [1.165, 1.54) is 0 Å². The third-order valence-electron chi connectivity index (χ3n) is 3.55. The smallest absolute Gasteiger partial charge is 0.227 e. The number of nitrogens with zero attached hydrogens (tertiary/aromatic N) is 1. The van der Waals surface area contributed by atoms with Crippen molar-refractivity contribution in [2.75, 3.05) is 10.6 Å². The number of phenolic OH excluding ortho intramolecular Hbond substituents is 1. The number of nitrogen functional groups attached to an aromatic ring is 1. The molecule has 0 radical (unpaired) electrons. The van der Waals surface area contributed by atoms with Gasteiger partial charge in [-0.1, -0.05) is 12.1 Å². The summed E-state index contributed by atoms with van der Waals surface area (Å²) in [6.07, 6.45) is 1.23. The van der Waals surface area contributed by atoms with Gasteiger partial charge in [-0.3, -0.25) is 4.79 Å². The zero-order chi connectivity index (χ0) is 14.1. The van der Waals surface area contributed by atoms with Crippen molar-refractivity contribution in [1.82, 2.24) is 0 Å². The minimum Gasteiger partial charge on any atom is -0.508 e. The van der Waals surface area contributed by atoms with Crippen LogP contribution in [0.2, 0.25) is 0 Å². The fraction of sp³-hybridized carbons (Fsp3) is 0.188. The molecule has 0 aromatic heterocycles. The zero-order valence-corrected chi connectivity index (χ0v) is 11.0. The van der Waals surface area contributed by atoms with E-state index in [1.54, 1.807) is 23.1 Å². The first-order valence-corrected chi connectivity index (χ1v) is 6.60. The minimum atomic E-state index is 0.102. The third kappa shape index (κ3) is 2.32. The molecule has 2 aromatic rings. The highest BCUT2D eigenvalue weighted by Crippen LogP contribution is 2.31.